The van der Waals surface area contributed by atoms with Crippen LogP contribution >= 0.6 is 11.3 Å². The summed E-state index contributed by atoms with van der Waals surface area (Å²) in [6.07, 6.45) is 2.55. The van der Waals surface area contributed by atoms with Gasteiger partial charge in [0.1, 0.15) is 0 Å². The van der Waals surface area contributed by atoms with Crippen LogP contribution in [0.3, 0.4) is 0 Å². The van der Waals surface area contributed by atoms with Gasteiger partial charge in [0.25, 0.3) is 0 Å². The van der Waals surface area contributed by atoms with E-state index in [-0.39, 0.29) is 12.3 Å². The lowest BCUT2D eigenvalue weighted by molar-refractivity contribution is -0.137. The van der Waals surface area contributed by atoms with E-state index >= 15 is 0 Å². The van der Waals surface area contributed by atoms with Gasteiger partial charge in [-0.25, -0.2) is 0 Å². The van der Waals surface area contributed by atoms with Crippen LogP contribution in [0.4, 0.5) is 5.69 Å². The molecular formula is C12H17NO3S. The van der Waals surface area contributed by atoms with Crippen molar-refractivity contribution in [2.45, 2.75) is 32.6 Å². The number of thiophene rings is 1. The van der Waals surface area contributed by atoms with Crippen molar-refractivity contribution in [3.63, 3.8) is 0 Å². The van der Waals surface area contributed by atoms with Crippen LogP contribution in [0.25, 0.3) is 0 Å². The first-order valence-electron chi connectivity index (χ1n) is 5.63. The minimum absolute atomic E-state index is 0.0293. The van der Waals surface area contributed by atoms with Crippen LogP contribution in [0.2, 0.25) is 0 Å². The zero-order valence-corrected chi connectivity index (χ0v) is 10.7. The molecule has 0 saturated heterocycles. The molecule has 0 unspecified atom stereocenters. The minimum atomic E-state index is -0.758. The number of carbonyl (C=O) groups is 2. The number of hydrogen-bond donors (Lipinski definition) is 1. The second-order valence-corrected chi connectivity index (χ2v) is 4.64. The summed E-state index contributed by atoms with van der Waals surface area (Å²) in [6, 6.07) is 1.92. The second kappa shape index (κ2) is 7.06. The Hall–Kier alpha value is -1.36. The molecule has 4 nitrogen and oxygen atoms in total. The van der Waals surface area contributed by atoms with Gasteiger partial charge in [0, 0.05) is 25.3 Å². The number of carboxylic acid groups (broad SMARTS) is 1. The Balaban J connectivity index is 2.32. The number of rotatable bonds is 7. The summed E-state index contributed by atoms with van der Waals surface area (Å²) < 4.78 is 0. The van der Waals surface area contributed by atoms with Crippen molar-refractivity contribution < 1.29 is 14.7 Å². The van der Waals surface area contributed by atoms with Gasteiger partial charge >= 0.3 is 5.97 Å². The van der Waals surface area contributed by atoms with Crippen LogP contribution in [0.15, 0.2) is 16.8 Å². The predicted octanol–water partition coefficient (Wildman–Crippen LogP) is 2.75. The van der Waals surface area contributed by atoms with Crippen molar-refractivity contribution in [2.75, 3.05) is 11.4 Å². The highest BCUT2D eigenvalue weighted by Gasteiger charge is 2.10. The second-order valence-electron chi connectivity index (χ2n) is 3.86. The summed E-state index contributed by atoms with van der Waals surface area (Å²) >= 11 is 1.56. The Labute approximate surface area is 105 Å². The van der Waals surface area contributed by atoms with Crippen molar-refractivity contribution in [3.05, 3.63) is 16.8 Å². The SMILES string of the molecule is CC(=O)N(CCCCCC(=O)O)c1ccsc1. The van der Waals surface area contributed by atoms with Gasteiger partial charge in [-0.05, 0) is 24.3 Å². The Morgan fingerprint density at radius 1 is 1.35 bits per heavy atom. The lowest BCUT2D eigenvalue weighted by Crippen LogP contribution is -2.29. The lowest BCUT2D eigenvalue weighted by atomic mass is 10.2. The quantitative estimate of drug-likeness (QED) is 0.762. The molecule has 1 amide bonds. The Bertz CT molecular complexity index is 362. The molecule has 94 valence electrons. The number of anilines is 1. The van der Waals surface area contributed by atoms with E-state index in [0.717, 1.165) is 18.5 Å². The number of carboxylic acids is 1. The standard InChI is InChI=1S/C12H17NO3S/c1-10(14)13(11-6-8-17-9-11)7-4-2-3-5-12(15)16/h6,8-9H,2-5,7H2,1H3,(H,15,16). The van der Waals surface area contributed by atoms with Crippen LogP contribution in [-0.2, 0) is 9.59 Å². The smallest absolute Gasteiger partial charge is 0.303 e. The largest absolute Gasteiger partial charge is 0.481 e. The van der Waals surface area contributed by atoms with Crippen LogP contribution in [0, 0.1) is 0 Å². The molecule has 1 rings (SSSR count). The molecule has 0 bridgehead atoms. The minimum Gasteiger partial charge on any atom is -0.481 e. The Kier molecular flexibility index (Phi) is 5.69. The number of carbonyl (C=O) groups excluding carboxylic acids is 1. The molecule has 0 spiro atoms. The molecule has 0 aliphatic heterocycles. The topological polar surface area (TPSA) is 57.6 Å². The van der Waals surface area contributed by atoms with Gasteiger partial charge in [0.05, 0.1) is 5.69 Å². The van der Waals surface area contributed by atoms with Gasteiger partial charge in [-0.1, -0.05) is 6.42 Å². The Morgan fingerprint density at radius 3 is 2.65 bits per heavy atom. The van der Waals surface area contributed by atoms with E-state index in [0.29, 0.717) is 13.0 Å². The third-order valence-corrected chi connectivity index (χ3v) is 3.14. The molecule has 17 heavy (non-hydrogen) atoms. The van der Waals surface area contributed by atoms with E-state index in [1.807, 2.05) is 16.8 Å². The molecule has 5 heteroatoms. The molecule has 0 atom stereocenters. The van der Waals surface area contributed by atoms with Crippen LogP contribution < -0.4 is 4.90 Å². The van der Waals surface area contributed by atoms with Crippen molar-refractivity contribution >= 4 is 28.9 Å². The van der Waals surface area contributed by atoms with Crippen LogP contribution in [-0.4, -0.2) is 23.5 Å². The monoisotopic (exact) mass is 255 g/mol. The van der Waals surface area contributed by atoms with Gasteiger partial charge < -0.3 is 10.0 Å². The van der Waals surface area contributed by atoms with Gasteiger partial charge in [-0.15, -0.1) is 0 Å². The molecule has 0 radical (unpaired) electrons. The van der Waals surface area contributed by atoms with E-state index in [9.17, 15) is 9.59 Å². The molecule has 1 N–H and O–H groups in total. The number of aliphatic carboxylic acids is 1. The van der Waals surface area contributed by atoms with Gasteiger partial charge in [-0.2, -0.15) is 11.3 Å². The van der Waals surface area contributed by atoms with Gasteiger partial charge in [0.2, 0.25) is 5.91 Å². The van der Waals surface area contributed by atoms with Crippen LogP contribution in [0.1, 0.15) is 32.6 Å². The molecule has 0 aromatic carbocycles. The fraction of sp³-hybridized carbons (Fsp3) is 0.500. The van der Waals surface area contributed by atoms with E-state index in [4.69, 9.17) is 5.11 Å². The van der Waals surface area contributed by atoms with Crippen molar-refractivity contribution in [3.8, 4) is 0 Å². The van der Waals surface area contributed by atoms with E-state index in [1.165, 1.54) is 0 Å². The number of hydrogen-bond acceptors (Lipinski definition) is 3. The van der Waals surface area contributed by atoms with E-state index in [1.54, 1.807) is 23.2 Å². The predicted molar refractivity (Wildman–Crippen MR) is 68.4 cm³/mol. The molecule has 1 aromatic heterocycles. The highest BCUT2D eigenvalue weighted by molar-refractivity contribution is 7.08. The highest BCUT2D eigenvalue weighted by atomic mass is 32.1. The molecule has 1 aromatic rings. The van der Waals surface area contributed by atoms with Crippen LogP contribution in [0.5, 0.6) is 0 Å². The Morgan fingerprint density at radius 2 is 2.12 bits per heavy atom. The fourth-order valence-corrected chi connectivity index (χ4v) is 2.24. The van der Waals surface area contributed by atoms with Gasteiger partial charge in [0.15, 0.2) is 0 Å². The molecule has 0 saturated carbocycles. The fourth-order valence-electron chi connectivity index (χ4n) is 1.60. The number of amides is 1. The normalized spacial score (nSPS) is 10.2. The summed E-state index contributed by atoms with van der Waals surface area (Å²) in [6.45, 7) is 2.21. The first-order chi connectivity index (χ1) is 8.11. The first kappa shape index (κ1) is 13.7. The first-order valence-corrected chi connectivity index (χ1v) is 6.57. The van der Waals surface area contributed by atoms with Crippen molar-refractivity contribution in [2.24, 2.45) is 0 Å². The lowest BCUT2D eigenvalue weighted by Gasteiger charge is -2.19. The zero-order chi connectivity index (χ0) is 12.7. The van der Waals surface area contributed by atoms with Crippen molar-refractivity contribution in [1.29, 1.82) is 0 Å². The molecule has 0 aliphatic carbocycles. The zero-order valence-electron chi connectivity index (χ0n) is 9.89. The molecule has 0 aliphatic rings. The summed E-state index contributed by atoms with van der Waals surface area (Å²) in [5.74, 6) is -0.729. The summed E-state index contributed by atoms with van der Waals surface area (Å²) in [5.41, 5.74) is 0.931. The summed E-state index contributed by atoms with van der Waals surface area (Å²) in [4.78, 5) is 23.5. The molecule has 1 heterocycles. The average molecular weight is 255 g/mol. The van der Waals surface area contributed by atoms with E-state index < -0.39 is 5.97 Å². The number of unbranched alkanes of at least 4 members (excludes halogenated alkanes) is 2. The van der Waals surface area contributed by atoms with E-state index in [2.05, 4.69) is 0 Å². The maximum absolute atomic E-state index is 11.5. The van der Waals surface area contributed by atoms with Crippen molar-refractivity contribution in [1.82, 2.24) is 0 Å². The maximum Gasteiger partial charge on any atom is 0.303 e. The molecular weight excluding hydrogens is 238 g/mol. The third kappa shape index (κ3) is 4.99. The highest BCUT2D eigenvalue weighted by Crippen LogP contribution is 2.19. The molecule has 0 fully saturated rings. The average Bonchev–Trinajstić information content (AvgIpc) is 2.75. The number of nitrogens with zero attached hydrogens (tertiary/aromatic N) is 1. The third-order valence-electron chi connectivity index (χ3n) is 2.47. The van der Waals surface area contributed by atoms with Gasteiger partial charge in [-0.3, -0.25) is 9.59 Å². The maximum atomic E-state index is 11.5. The summed E-state index contributed by atoms with van der Waals surface area (Å²) in [5, 5.41) is 12.4. The summed E-state index contributed by atoms with van der Waals surface area (Å²) in [7, 11) is 0.